The lowest BCUT2D eigenvalue weighted by atomic mass is 9.74. The quantitative estimate of drug-likeness (QED) is 0.692. The van der Waals surface area contributed by atoms with Crippen molar-refractivity contribution in [1.82, 2.24) is 15.5 Å². The van der Waals surface area contributed by atoms with Crippen molar-refractivity contribution < 1.29 is 19.5 Å². The van der Waals surface area contributed by atoms with E-state index in [0.29, 0.717) is 13.1 Å². The monoisotopic (exact) mass is 299 g/mol. The summed E-state index contributed by atoms with van der Waals surface area (Å²) in [7, 11) is 0. The fourth-order valence-electron chi connectivity index (χ4n) is 2.54. The van der Waals surface area contributed by atoms with Crippen LogP contribution in [0.3, 0.4) is 0 Å². The van der Waals surface area contributed by atoms with Crippen molar-refractivity contribution in [3.8, 4) is 0 Å². The highest BCUT2D eigenvalue weighted by Crippen LogP contribution is 2.34. The second-order valence-electron chi connectivity index (χ2n) is 6.01. The van der Waals surface area contributed by atoms with E-state index < -0.39 is 17.4 Å². The van der Waals surface area contributed by atoms with Crippen LogP contribution in [0.2, 0.25) is 0 Å². The van der Waals surface area contributed by atoms with Crippen LogP contribution in [0.15, 0.2) is 0 Å². The van der Waals surface area contributed by atoms with Crippen LogP contribution in [0, 0.1) is 11.3 Å². The number of nitrogens with one attached hydrogen (secondary N) is 2. The summed E-state index contributed by atoms with van der Waals surface area (Å²) in [6.07, 6.45) is 1.70. The predicted molar refractivity (Wildman–Crippen MR) is 77.8 cm³/mol. The summed E-state index contributed by atoms with van der Waals surface area (Å²) in [6.45, 7) is 7.09. The molecule has 0 radical (unpaired) electrons. The molecule has 1 heterocycles. The van der Waals surface area contributed by atoms with Crippen LogP contribution in [0.1, 0.15) is 33.6 Å². The summed E-state index contributed by atoms with van der Waals surface area (Å²) in [4.78, 5) is 36.3. The van der Waals surface area contributed by atoms with E-state index in [1.807, 2.05) is 4.90 Å². The number of carboxylic acid groups (broad SMARTS) is 1. The number of likely N-dealkylation sites (tertiary alicyclic amines) is 1. The average Bonchev–Trinajstić information content (AvgIpc) is 2.38. The van der Waals surface area contributed by atoms with Gasteiger partial charge in [-0.3, -0.25) is 19.8 Å². The molecule has 0 aromatic carbocycles. The highest BCUT2D eigenvalue weighted by atomic mass is 16.4. The molecule has 3 amide bonds. The molecule has 1 unspecified atom stereocenters. The Morgan fingerprint density at radius 2 is 2.00 bits per heavy atom. The van der Waals surface area contributed by atoms with Gasteiger partial charge in [0.2, 0.25) is 5.91 Å². The van der Waals surface area contributed by atoms with E-state index in [4.69, 9.17) is 0 Å². The van der Waals surface area contributed by atoms with Gasteiger partial charge in [-0.2, -0.15) is 0 Å². The third-order valence-electron chi connectivity index (χ3n) is 4.03. The topological polar surface area (TPSA) is 98.7 Å². The molecule has 3 N–H and O–H groups in total. The lowest BCUT2D eigenvalue weighted by molar-refractivity contribution is -0.151. The van der Waals surface area contributed by atoms with Gasteiger partial charge in [-0.15, -0.1) is 0 Å². The Kier molecular flexibility index (Phi) is 6.14. The highest BCUT2D eigenvalue weighted by molar-refractivity contribution is 5.95. The zero-order valence-corrected chi connectivity index (χ0v) is 12.9. The van der Waals surface area contributed by atoms with Gasteiger partial charge in [-0.1, -0.05) is 0 Å². The zero-order valence-electron chi connectivity index (χ0n) is 12.9. The van der Waals surface area contributed by atoms with Crippen molar-refractivity contribution in [3.05, 3.63) is 0 Å². The van der Waals surface area contributed by atoms with E-state index in [9.17, 15) is 19.5 Å². The average molecular weight is 299 g/mol. The SMILES string of the molecule is CCNC(=O)NC(=O)CN1CCCC(C(C)(C)C(=O)O)C1. The molecule has 120 valence electrons. The number of urea groups is 1. The van der Waals surface area contributed by atoms with Gasteiger partial charge in [0, 0.05) is 13.1 Å². The second-order valence-corrected chi connectivity index (χ2v) is 6.01. The molecule has 7 nitrogen and oxygen atoms in total. The van der Waals surface area contributed by atoms with Gasteiger partial charge in [0.05, 0.1) is 12.0 Å². The van der Waals surface area contributed by atoms with Gasteiger partial charge in [0.15, 0.2) is 0 Å². The Morgan fingerprint density at radius 1 is 1.33 bits per heavy atom. The molecular formula is C14H25N3O4. The third kappa shape index (κ3) is 5.00. The van der Waals surface area contributed by atoms with Crippen LogP contribution >= 0.6 is 0 Å². The summed E-state index contributed by atoms with van der Waals surface area (Å²) in [5.41, 5.74) is -0.811. The van der Waals surface area contributed by atoms with Crippen LogP contribution in [-0.4, -0.2) is 54.1 Å². The van der Waals surface area contributed by atoms with Gasteiger partial charge in [-0.05, 0) is 46.1 Å². The number of piperidine rings is 1. The molecule has 1 rings (SSSR count). The molecule has 1 saturated heterocycles. The van der Waals surface area contributed by atoms with E-state index in [0.717, 1.165) is 19.4 Å². The largest absolute Gasteiger partial charge is 0.481 e. The molecule has 1 fully saturated rings. The Labute approximate surface area is 125 Å². The number of carboxylic acids is 1. The Bertz CT molecular complexity index is 409. The Hall–Kier alpha value is -1.63. The minimum absolute atomic E-state index is 0.000943. The molecule has 1 aliphatic heterocycles. The molecule has 0 aromatic heterocycles. The van der Waals surface area contributed by atoms with Gasteiger partial charge in [0.25, 0.3) is 0 Å². The number of aliphatic carboxylic acids is 1. The number of nitrogens with zero attached hydrogens (tertiary/aromatic N) is 1. The lowest BCUT2D eigenvalue weighted by Gasteiger charge is -2.38. The van der Waals surface area contributed by atoms with Crippen molar-refractivity contribution in [2.45, 2.75) is 33.6 Å². The van der Waals surface area contributed by atoms with Crippen molar-refractivity contribution in [3.63, 3.8) is 0 Å². The van der Waals surface area contributed by atoms with Gasteiger partial charge >= 0.3 is 12.0 Å². The number of hydrogen-bond acceptors (Lipinski definition) is 4. The zero-order chi connectivity index (χ0) is 16.0. The summed E-state index contributed by atoms with van der Waals surface area (Å²) in [5.74, 6) is -1.18. The fraction of sp³-hybridized carbons (Fsp3) is 0.786. The maximum Gasteiger partial charge on any atom is 0.321 e. The minimum atomic E-state index is -0.818. The van der Waals surface area contributed by atoms with E-state index in [2.05, 4.69) is 10.6 Å². The summed E-state index contributed by atoms with van der Waals surface area (Å²) < 4.78 is 0. The maximum atomic E-state index is 11.8. The van der Waals surface area contributed by atoms with Crippen LogP contribution in [-0.2, 0) is 9.59 Å². The molecule has 1 aliphatic rings. The lowest BCUT2D eigenvalue weighted by Crippen LogP contribution is -2.49. The van der Waals surface area contributed by atoms with Crippen molar-refractivity contribution >= 4 is 17.9 Å². The van der Waals surface area contributed by atoms with E-state index in [1.165, 1.54) is 0 Å². The standard InChI is InChI=1S/C14H25N3O4/c1-4-15-13(21)16-11(18)9-17-7-5-6-10(8-17)14(2,3)12(19)20/h10H,4-9H2,1-3H3,(H,19,20)(H2,15,16,18,21). The first kappa shape index (κ1) is 17.4. The predicted octanol–water partition coefficient (Wildman–Crippen LogP) is 0.655. The molecule has 21 heavy (non-hydrogen) atoms. The molecular weight excluding hydrogens is 274 g/mol. The first-order valence-electron chi connectivity index (χ1n) is 7.30. The van der Waals surface area contributed by atoms with E-state index in [-0.39, 0.29) is 18.4 Å². The molecule has 0 aliphatic carbocycles. The number of imide groups is 1. The minimum Gasteiger partial charge on any atom is -0.481 e. The molecule has 0 bridgehead atoms. The van der Waals surface area contributed by atoms with Crippen molar-refractivity contribution in [2.75, 3.05) is 26.2 Å². The summed E-state index contributed by atoms with van der Waals surface area (Å²) >= 11 is 0. The van der Waals surface area contributed by atoms with Crippen LogP contribution in [0.4, 0.5) is 4.79 Å². The molecule has 0 saturated carbocycles. The highest BCUT2D eigenvalue weighted by Gasteiger charge is 2.39. The molecule has 7 heteroatoms. The molecule has 0 aromatic rings. The molecule has 0 spiro atoms. The van der Waals surface area contributed by atoms with Gasteiger partial charge in [-0.25, -0.2) is 4.79 Å². The maximum absolute atomic E-state index is 11.8. The van der Waals surface area contributed by atoms with Crippen molar-refractivity contribution in [1.29, 1.82) is 0 Å². The number of carbonyl (C=O) groups is 3. The summed E-state index contributed by atoms with van der Waals surface area (Å²) in [6, 6.07) is -0.498. The van der Waals surface area contributed by atoms with Crippen LogP contribution in [0.5, 0.6) is 0 Å². The van der Waals surface area contributed by atoms with Gasteiger partial charge in [0.1, 0.15) is 0 Å². The van der Waals surface area contributed by atoms with Gasteiger partial charge < -0.3 is 10.4 Å². The number of amides is 3. The van der Waals surface area contributed by atoms with E-state index >= 15 is 0 Å². The Balaban J connectivity index is 2.52. The van der Waals surface area contributed by atoms with Crippen molar-refractivity contribution in [2.24, 2.45) is 11.3 Å². The molecule has 1 atom stereocenters. The summed E-state index contributed by atoms with van der Waals surface area (Å²) in [5, 5.41) is 14.0. The van der Waals surface area contributed by atoms with Crippen LogP contribution in [0.25, 0.3) is 0 Å². The number of hydrogen-bond donors (Lipinski definition) is 3. The number of rotatable bonds is 5. The Morgan fingerprint density at radius 3 is 2.57 bits per heavy atom. The fourth-order valence-corrected chi connectivity index (χ4v) is 2.54. The van der Waals surface area contributed by atoms with Crippen LogP contribution < -0.4 is 10.6 Å². The first-order chi connectivity index (χ1) is 9.77. The third-order valence-corrected chi connectivity index (χ3v) is 4.03. The first-order valence-corrected chi connectivity index (χ1v) is 7.30. The number of carbonyl (C=O) groups excluding carboxylic acids is 2. The normalized spacial score (nSPS) is 19.9. The smallest absolute Gasteiger partial charge is 0.321 e. The second kappa shape index (κ2) is 7.40. The van der Waals surface area contributed by atoms with E-state index in [1.54, 1.807) is 20.8 Å².